The number of hydrogen-bond donors (Lipinski definition) is 0. The van der Waals surface area contributed by atoms with E-state index < -0.39 is 0 Å². The van der Waals surface area contributed by atoms with Gasteiger partial charge in [-0.05, 0) is 46.0 Å². The van der Waals surface area contributed by atoms with Gasteiger partial charge in [-0.2, -0.15) is 0 Å². The van der Waals surface area contributed by atoms with Gasteiger partial charge < -0.3 is 9.47 Å². The van der Waals surface area contributed by atoms with Crippen LogP contribution in [0.5, 0.6) is 0 Å². The maximum absolute atomic E-state index is 5.58. The molecule has 25 heavy (non-hydrogen) atoms. The minimum atomic E-state index is 0.0248. The number of rotatable bonds is 20. The molecule has 0 aromatic heterocycles. The van der Waals surface area contributed by atoms with Gasteiger partial charge in [0.15, 0.2) is 6.29 Å². The van der Waals surface area contributed by atoms with Crippen LogP contribution in [0.2, 0.25) is 0 Å². The van der Waals surface area contributed by atoms with E-state index in [4.69, 9.17) is 9.47 Å². The lowest BCUT2D eigenvalue weighted by Crippen LogP contribution is -2.17. The summed E-state index contributed by atoms with van der Waals surface area (Å²) in [6, 6.07) is 0. The van der Waals surface area contributed by atoms with E-state index in [2.05, 4.69) is 34.7 Å². The standard InChI is InChI=1S/C22H43IO2/c1-3-24-22(25-4-2)20-18-16-14-12-10-8-6-5-7-9-11-13-15-17-19-21-23/h15,17,22H,3-14,16,18-21H2,1-2H3/b17-15-. The van der Waals surface area contributed by atoms with E-state index in [1.54, 1.807) is 0 Å². The van der Waals surface area contributed by atoms with Crippen molar-refractivity contribution in [3.8, 4) is 0 Å². The predicted octanol–water partition coefficient (Wildman–Crippen LogP) is 7.84. The van der Waals surface area contributed by atoms with Gasteiger partial charge in [0.05, 0.1) is 0 Å². The highest BCUT2D eigenvalue weighted by Gasteiger charge is 2.06. The van der Waals surface area contributed by atoms with Gasteiger partial charge in [0.2, 0.25) is 0 Å². The first-order valence-electron chi connectivity index (χ1n) is 10.8. The molecule has 0 bridgehead atoms. The molecule has 0 spiro atoms. The second-order valence-electron chi connectivity index (χ2n) is 6.76. The molecule has 0 unspecified atom stereocenters. The van der Waals surface area contributed by atoms with Crippen LogP contribution >= 0.6 is 22.6 Å². The monoisotopic (exact) mass is 466 g/mol. The smallest absolute Gasteiger partial charge is 0.157 e. The summed E-state index contributed by atoms with van der Waals surface area (Å²) in [7, 11) is 0. The first-order valence-corrected chi connectivity index (χ1v) is 12.3. The van der Waals surface area contributed by atoms with E-state index >= 15 is 0 Å². The Balaban J connectivity index is 3.18. The van der Waals surface area contributed by atoms with Crippen molar-refractivity contribution in [1.29, 1.82) is 0 Å². The Morgan fingerprint density at radius 1 is 0.640 bits per heavy atom. The third-order valence-corrected chi connectivity index (χ3v) is 5.08. The van der Waals surface area contributed by atoms with Crippen LogP contribution in [0.15, 0.2) is 12.2 Å². The first-order chi connectivity index (χ1) is 12.3. The van der Waals surface area contributed by atoms with Crippen molar-refractivity contribution in [1.82, 2.24) is 0 Å². The minimum Gasteiger partial charge on any atom is -0.353 e. The van der Waals surface area contributed by atoms with E-state index in [-0.39, 0.29) is 6.29 Å². The van der Waals surface area contributed by atoms with Crippen LogP contribution in [0.4, 0.5) is 0 Å². The molecule has 0 radical (unpaired) electrons. The van der Waals surface area contributed by atoms with Gasteiger partial charge in [0, 0.05) is 17.6 Å². The summed E-state index contributed by atoms with van der Waals surface area (Å²) in [6.45, 7) is 5.58. The molecule has 0 aromatic rings. The highest BCUT2D eigenvalue weighted by Crippen LogP contribution is 2.14. The number of ether oxygens (including phenoxy) is 2. The average molecular weight is 466 g/mol. The molecule has 0 fully saturated rings. The molecule has 0 saturated carbocycles. The quantitative estimate of drug-likeness (QED) is 0.0598. The fraction of sp³-hybridized carbons (Fsp3) is 0.909. The highest BCUT2D eigenvalue weighted by atomic mass is 127. The van der Waals surface area contributed by atoms with Gasteiger partial charge in [-0.3, -0.25) is 0 Å². The Morgan fingerprint density at radius 2 is 1.08 bits per heavy atom. The maximum Gasteiger partial charge on any atom is 0.157 e. The van der Waals surface area contributed by atoms with Gasteiger partial charge >= 0.3 is 0 Å². The summed E-state index contributed by atoms with van der Waals surface area (Å²) in [5.74, 6) is 0. The Labute approximate surface area is 171 Å². The molecule has 0 aliphatic heterocycles. The molecule has 3 heteroatoms. The molecule has 0 N–H and O–H groups in total. The highest BCUT2D eigenvalue weighted by molar-refractivity contribution is 14.1. The topological polar surface area (TPSA) is 18.5 Å². The van der Waals surface area contributed by atoms with Crippen LogP contribution in [0, 0.1) is 0 Å². The van der Waals surface area contributed by atoms with Gasteiger partial charge in [-0.1, -0.05) is 92.5 Å². The summed E-state index contributed by atoms with van der Waals surface area (Å²) in [6.07, 6.45) is 23.5. The molecule has 0 rings (SSSR count). The van der Waals surface area contributed by atoms with Gasteiger partial charge in [0.1, 0.15) is 0 Å². The van der Waals surface area contributed by atoms with Gasteiger partial charge in [0.25, 0.3) is 0 Å². The van der Waals surface area contributed by atoms with Crippen LogP contribution < -0.4 is 0 Å². The van der Waals surface area contributed by atoms with Crippen LogP contribution in [0.25, 0.3) is 0 Å². The average Bonchev–Trinajstić information content (AvgIpc) is 2.61. The number of allylic oxidation sites excluding steroid dienone is 2. The molecular formula is C22H43IO2. The van der Waals surface area contributed by atoms with Crippen molar-refractivity contribution < 1.29 is 9.47 Å². The second kappa shape index (κ2) is 22.4. The molecule has 0 aliphatic carbocycles. The maximum atomic E-state index is 5.58. The molecule has 0 aliphatic rings. The SMILES string of the molecule is CCOC(CCCCCCCCCCCCC/C=C\CCI)OCC. The molecule has 0 amide bonds. The molecule has 150 valence electrons. The zero-order valence-electron chi connectivity index (χ0n) is 16.9. The zero-order chi connectivity index (χ0) is 18.4. The number of hydrogen-bond acceptors (Lipinski definition) is 2. The Bertz CT molecular complexity index is 263. The fourth-order valence-electron chi connectivity index (χ4n) is 3.05. The summed E-state index contributed by atoms with van der Waals surface area (Å²) < 4.78 is 12.4. The predicted molar refractivity (Wildman–Crippen MR) is 120 cm³/mol. The molecular weight excluding hydrogens is 423 g/mol. The molecule has 0 saturated heterocycles. The van der Waals surface area contributed by atoms with Crippen LogP contribution in [0.3, 0.4) is 0 Å². The molecule has 0 atom stereocenters. The Kier molecular flexibility index (Phi) is 22.8. The van der Waals surface area contributed by atoms with Crippen LogP contribution in [-0.4, -0.2) is 23.9 Å². The van der Waals surface area contributed by atoms with Crippen LogP contribution in [-0.2, 0) is 9.47 Å². The van der Waals surface area contributed by atoms with Crippen molar-refractivity contribution >= 4 is 22.6 Å². The zero-order valence-corrected chi connectivity index (χ0v) is 19.1. The third-order valence-electron chi connectivity index (χ3n) is 4.46. The van der Waals surface area contributed by atoms with E-state index in [1.807, 2.05) is 13.8 Å². The van der Waals surface area contributed by atoms with Crippen molar-refractivity contribution in [3.63, 3.8) is 0 Å². The van der Waals surface area contributed by atoms with Crippen molar-refractivity contribution in [2.45, 2.75) is 110 Å². The summed E-state index contributed by atoms with van der Waals surface area (Å²) in [5, 5.41) is 0. The third kappa shape index (κ3) is 20.6. The minimum absolute atomic E-state index is 0.0248. The first kappa shape index (κ1) is 25.4. The summed E-state index contributed by atoms with van der Waals surface area (Å²) in [4.78, 5) is 0. The van der Waals surface area contributed by atoms with E-state index in [9.17, 15) is 0 Å². The van der Waals surface area contributed by atoms with Crippen molar-refractivity contribution in [2.24, 2.45) is 0 Å². The normalized spacial score (nSPS) is 11.8. The van der Waals surface area contributed by atoms with Crippen LogP contribution in [0.1, 0.15) is 104 Å². The van der Waals surface area contributed by atoms with Gasteiger partial charge in [-0.15, -0.1) is 0 Å². The van der Waals surface area contributed by atoms with Crippen molar-refractivity contribution in [3.05, 3.63) is 12.2 Å². The van der Waals surface area contributed by atoms with E-state index in [0.717, 1.165) is 19.6 Å². The molecule has 0 heterocycles. The lowest BCUT2D eigenvalue weighted by molar-refractivity contribution is -0.140. The Hall–Kier alpha value is 0.390. The Morgan fingerprint density at radius 3 is 1.56 bits per heavy atom. The fourth-order valence-corrected chi connectivity index (χ4v) is 3.41. The lowest BCUT2D eigenvalue weighted by Gasteiger charge is -2.16. The molecule has 0 aromatic carbocycles. The largest absolute Gasteiger partial charge is 0.353 e. The van der Waals surface area contributed by atoms with Gasteiger partial charge in [-0.25, -0.2) is 0 Å². The summed E-state index contributed by atoms with van der Waals surface area (Å²) >= 11 is 2.43. The number of halogens is 1. The lowest BCUT2D eigenvalue weighted by atomic mass is 10.0. The van der Waals surface area contributed by atoms with E-state index in [0.29, 0.717) is 0 Å². The van der Waals surface area contributed by atoms with Crippen molar-refractivity contribution in [2.75, 3.05) is 17.6 Å². The second-order valence-corrected chi connectivity index (χ2v) is 7.83. The number of unbranched alkanes of at least 4 members (excludes halogenated alkanes) is 11. The summed E-state index contributed by atoms with van der Waals surface area (Å²) in [5.41, 5.74) is 0. The number of alkyl halides is 1. The molecule has 2 nitrogen and oxygen atoms in total. The van der Waals surface area contributed by atoms with E-state index in [1.165, 1.54) is 87.9 Å².